The molecule has 4 rings (SSSR count). The highest BCUT2D eigenvalue weighted by Crippen LogP contribution is 2.21. The Morgan fingerprint density at radius 3 is 2.64 bits per heavy atom. The van der Waals surface area contributed by atoms with Gasteiger partial charge in [0.25, 0.3) is 0 Å². The number of nitrogens with zero attached hydrogens (tertiary/aromatic N) is 8. The van der Waals surface area contributed by atoms with Crippen LogP contribution in [0.15, 0.2) is 24.7 Å². The van der Waals surface area contributed by atoms with Crippen molar-refractivity contribution < 1.29 is 19.1 Å². The standard InChI is InChI=1S/C25H38N10O4/c1-4-38-22-17-27-21(16-28-22)30-24(36)33(3)19-6-5-9-35(18-19)23-26-8-7-20(29-23)31-25(37)39-15-14-34-12-10-32(2)11-13-34/h7-8,16-17,19H,4-6,9-15,18H2,1-3H3,(H,27,30,36)(H,26,29,31,37)/t19-/m1/s1. The summed E-state index contributed by atoms with van der Waals surface area (Å²) in [5.41, 5.74) is 0. The van der Waals surface area contributed by atoms with Gasteiger partial charge in [-0.1, -0.05) is 0 Å². The third-order valence-corrected chi connectivity index (χ3v) is 6.81. The molecule has 0 saturated carbocycles. The zero-order valence-electron chi connectivity index (χ0n) is 22.9. The summed E-state index contributed by atoms with van der Waals surface area (Å²) in [6.45, 7) is 8.66. The van der Waals surface area contributed by atoms with Crippen molar-refractivity contribution >= 4 is 29.7 Å². The minimum atomic E-state index is -0.543. The number of carbonyl (C=O) groups is 2. The van der Waals surface area contributed by atoms with Gasteiger partial charge in [-0.15, -0.1) is 0 Å². The van der Waals surface area contributed by atoms with E-state index in [-0.39, 0.29) is 12.1 Å². The van der Waals surface area contributed by atoms with Crippen LogP contribution in [0, 0.1) is 0 Å². The van der Waals surface area contributed by atoms with Gasteiger partial charge in [-0.2, -0.15) is 4.98 Å². The molecular formula is C25H38N10O4. The number of urea groups is 1. The molecule has 14 heteroatoms. The molecule has 2 N–H and O–H groups in total. The van der Waals surface area contributed by atoms with Gasteiger partial charge in [0.05, 0.1) is 25.0 Å². The summed E-state index contributed by atoms with van der Waals surface area (Å²) in [7, 11) is 3.86. The maximum absolute atomic E-state index is 12.8. The fourth-order valence-electron chi connectivity index (χ4n) is 4.47. The number of carbonyl (C=O) groups excluding carboxylic acids is 2. The van der Waals surface area contributed by atoms with Gasteiger partial charge in [-0.3, -0.25) is 15.5 Å². The molecule has 0 spiro atoms. The average Bonchev–Trinajstić information content (AvgIpc) is 2.95. The van der Waals surface area contributed by atoms with Crippen molar-refractivity contribution in [2.45, 2.75) is 25.8 Å². The summed E-state index contributed by atoms with van der Waals surface area (Å²) in [4.78, 5) is 50.6. The minimum absolute atomic E-state index is 0.0610. The van der Waals surface area contributed by atoms with E-state index in [1.54, 1.807) is 24.2 Å². The molecule has 2 aromatic heterocycles. The third-order valence-electron chi connectivity index (χ3n) is 6.81. The Bertz CT molecular complexity index is 1080. The molecule has 212 valence electrons. The molecule has 2 fully saturated rings. The summed E-state index contributed by atoms with van der Waals surface area (Å²) in [6, 6.07) is 1.29. The lowest BCUT2D eigenvalue weighted by Gasteiger charge is -2.37. The molecule has 0 bridgehead atoms. The molecular weight excluding hydrogens is 504 g/mol. The fourth-order valence-corrected chi connectivity index (χ4v) is 4.47. The van der Waals surface area contributed by atoms with Gasteiger partial charge >= 0.3 is 12.1 Å². The number of hydrogen-bond acceptors (Lipinski definition) is 11. The van der Waals surface area contributed by atoms with Crippen molar-refractivity contribution in [2.24, 2.45) is 0 Å². The van der Waals surface area contributed by atoms with Crippen LogP contribution in [0.1, 0.15) is 19.8 Å². The van der Waals surface area contributed by atoms with E-state index in [4.69, 9.17) is 9.47 Å². The third kappa shape index (κ3) is 8.35. The molecule has 0 radical (unpaired) electrons. The van der Waals surface area contributed by atoms with Gasteiger partial charge in [0.1, 0.15) is 12.4 Å². The van der Waals surface area contributed by atoms with Gasteiger partial charge in [-0.25, -0.2) is 24.5 Å². The normalized spacial score (nSPS) is 18.3. The lowest BCUT2D eigenvalue weighted by Crippen LogP contribution is -2.50. The number of ether oxygens (including phenoxy) is 2. The maximum Gasteiger partial charge on any atom is 0.412 e. The molecule has 3 amide bonds. The first-order chi connectivity index (χ1) is 18.9. The monoisotopic (exact) mass is 542 g/mol. The number of amides is 3. The number of likely N-dealkylation sites (N-methyl/N-ethyl adjacent to an activating group) is 2. The molecule has 2 saturated heterocycles. The van der Waals surface area contributed by atoms with E-state index in [0.29, 0.717) is 49.8 Å². The van der Waals surface area contributed by atoms with Gasteiger partial charge < -0.3 is 24.2 Å². The Hall–Kier alpha value is -3.78. The SMILES string of the molecule is CCOc1cnc(NC(=O)N(C)[C@@H]2CCCN(c3nccc(NC(=O)OCCN4CCN(C)CC4)n3)C2)cn1. The number of anilines is 3. The second-order valence-electron chi connectivity index (χ2n) is 9.60. The van der Waals surface area contributed by atoms with E-state index >= 15 is 0 Å². The predicted octanol–water partition coefficient (Wildman–Crippen LogP) is 1.59. The van der Waals surface area contributed by atoms with Crippen molar-refractivity contribution in [3.05, 3.63) is 24.7 Å². The van der Waals surface area contributed by atoms with Crippen LogP contribution >= 0.6 is 0 Å². The lowest BCUT2D eigenvalue weighted by atomic mass is 10.1. The summed E-state index contributed by atoms with van der Waals surface area (Å²) >= 11 is 0. The number of nitrogens with one attached hydrogen (secondary N) is 2. The molecule has 39 heavy (non-hydrogen) atoms. The Balaban J connectivity index is 1.25. The topological polar surface area (TPSA) is 141 Å². The average molecular weight is 543 g/mol. The summed E-state index contributed by atoms with van der Waals surface area (Å²) < 4.78 is 10.6. The number of rotatable bonds is 9. The molecule has 0 unspecified atom stereocenters. The number of aromatic nitrogens is 4. The molecule has 14 nitrogen and oxygen atoms in total. The van der Waals surface area contributed by atoms with Crippen LogP contribution in [0.2, 0.25) is 0 Å². The van der Waals surface area contributed by atoms with Crippen LogP contribution in [-0.2, 0) is 4.74 Å². The van der Waals surface area contributed by atoms with Crippen LogP contribution in [-0.4, -0.2) is 126 Å². The highest BCUT2D eigenvalue weighted by atomic mass is 16.5. The van der Waals surface area contributed by atoms with E-state index in [1.165, 1.54) is 12.4 Å². The van der Waals surface area contributed by atoms with Crippen molar-refractivity contribution in [1.82, 2.24) is 34.6 Å². The van der Waals surface area contributed by atoms with Crippen molar-refractivity contribution in [3.63, 3.8) is 0 Å². The number of piperazine rings is 1. The Labute approximate surface area is 228 Å². The predicted molar refractivity (Wildman–Crippen MR) is 146 cm³/mol. The maximum atomic E-state index is 12.8. The molecule has 2 aliphatic heterocycles. The van der Waals surface area contributed by atoms with Crippen molar-refractivity contribution in [3.8, 4) is 5.88 Å². The second-order valence-corrected chi connectivity index (χ2v) is 9.60. The van der Waals surface area contributed by atoms with Crippen molar-refractivity contribution in [2.75, 3.05) is 88.7 Å². The molecule has 2 aliphatic rings. The van der Waals surface area contributed by atoms with Crippen LogP contribution in [0.5, 0.6) is 5.88 Å². The first-order valence-corrected chi connectivity index (χ1v) is 13.3. The Morgan fingerprint density at radius 2 is 1.90 bits per heavy atom. The van der Waals surface area contributed by atoms with Crippen LogP contribution in [0.3, 0.4) is 0 Å². The smallest absolute Gasteiger partial charge is 0.412 e. The summed E-state index contributed by atoms with van der Waals surface area (Å²) in [6.07, 6.45) is 5.70. The van der Waals surface area contributed by atoms with Gasteiger partial charge in [0.15, 0.2) is 5.82 Å². The van der Waals surface area contributed by atoms with E-state index in [0.717, 1.165) is 45.6 Å². The van der Waals surface area contributed by atoms with E-state index in [2.05, 4.69) is 47.4 Å². The van der Waals surface area contributed by atoms with Gasteiger partial charge in [0.2, 0.25) is 11.8 Å². The van der Waals surface area contributed by atoms with E-state index in [9.17, 15) is 9.59 Å². The van der Waals surface area contributed by atoms with Crippen LogP contribution in [0.25, 0.3) is 0 Å². The molecule has 4 heterocycles. The quantitative estimate of drug-likeness (QED) is 0.477. The highest BCUT2D eigenvalue weighted by Gasteiger charge is 2.28. The van der Waals surface area contributed by atoms with Crippen LogP contribution in [0.4, 0.5) is 27.2 Å². The molecule has 0 aromatic carbocycles. The summed E-state index contributed by atoms with van der Waals surface area (Å²) in [5.74, 6) is 1.61. The second kappa shape index (κ2) is 13.8. The van der Waals surface area contributed by atoms with Crippen LogP contribution < -0.4 is 20.3 Å². The van der Waals surface area contributed by atoms with Crippen molar-refractivity contribution in [1.29, 1.82) is 0 Å². The summed E-state index contributed by atoms with van der Waals surface area (Å²) in [5, 5.41) is 5.47. The minimum Gasteiger partial charge on any atom is -0.477 e. The number of hydrogen-bond donors (Lipinski definition) is 2. The first kappa shape index (κ1) is 28.2. The zero-order valence-corrected chi connectivity index (χ0v) is 22.9. The largest absolute Gasteiger partial charge is 0.477 e. The van der Waals surface area contributed by atoms with Gasteiger partial charge in [0, 0.05) is 59.1 Å². The molecule has 2 aromatic rings. The Morgan fingerprint density at radius 1 is 1.08 bits per heavy atom. The fraction of sp³-hybridized carbons (Fsp3) is 0.600. The molecule has 1 atom stereocenters. The van der Waals surface area contributed by atoms with Gasteiger partial charge in [-0.05, 0) is 32.9 Å². The molecule has 0 aliphatic carbocycles. The first-order valence-electron chi connectivity index (χ1n) is 13.3. The lowest BCUT2D eigenvalue weighted by molar-refractivity contribution is 0.111. The van der Waals surface area contributed by atoms with E-state index in [1.807, 2.05) is 11.8 Å². The number of piperidine rings is 1. The van der Waals surface area contributed by atoms with E-state index < -0.39 is 6.09 Å². The highest BCUT2D eigenvalue weighted by molar-refractivity contribution is 5.88. The zero-order chi connectivity index (χ0) is 27.6. The Kier molecular flexibility index (Phi) is 10.0.